The molecule has 1 aromatic carbocycles. The standard InChI is InChI=1S/C17H18N2OS/c1-12-11-14(13-7-3-2-4-8-13)19-17(18-12)21-16-10-6-5-9-15(16)20/h2-4,7-8,11,16H,5-6,9-10H2,1H3/t16-/m1/s1. The molecule has 0 spiro atoms. The van der Waals surface area contributed by atoms with Crippen molar-refractivity contribution in [3.63, 3.8) is 0 Å². The van der Waals surface area contributed by atoms with Gasteiger partial charge in [-0.25, -0.2) is 9.97 Å². The van der Waals surface area contributed by atoms with Crippen molar-refractivity contribution in [3.8, 4) is 11.3 Å². The average molecular weight is 298 g/mol. The topological polar surface area (TPSA) is 42.9 Å². The zero-order chi connectivity index (χ0) is 14.7. The lowest BCUT2D eigenvalue weighted by atomic mass is 9.99. The molecule has 4 heteroatoms. The zero-order valence-corrected chi connectivity index (χ0v) is 12.9. The molecule has 3 rings (SSSR count). The Labute approximate surface area is 129 Å². The summed E-state index contributed by atoms with van der Waals surface area (Å²) in [4.78, 5) is 21.1. The van der Waals surface area contributed by atoms with Gasteiger partial charge in [-0.15, -0.1) is 0 Å². The van der Waals surface area contributed by atoms with E-state index >= 15 is 0 Å². The molecule has 0 radical (unpaired) electrons. The van der Waals surface area contributed by atoms with Crippen LogP contribution in [0.4, 0.5) is 0 Å². The molecule has 1 aromatic heterocycles. The van der Waals surface area contributed by atoms with E-state index in [2.05, 4.69) is 9.97 Å². The quantitative estimate of drug-likeness (QED) is 0.802. The number of nitrogens with zero attached hydrogens (tertiary/aromatic N) is 2. The molecule has 0 unspecified atom stereocenters. The fourth-order valence-corrected chi connectivity index (χ4v) is 3.69. The van der Waals surface area contributed by atoms with Gasteiger partial charge in [-0.05, 0) is 25.8 Å². The minimum atomic E-state index is 0.0316. The molecule has 0 amide bonds. The molecule has 21 heavy (non-hydrogen) atoms. The number of aryl methyl sites for hydroxylation is 1. The highest BCUT2D eigenvalue weighted by Crippen LogP contribution is 2.31. The number of hydrogen-bond acceptors (Lipinski definition) is 4. The number of ketones is 1. The van der Waals surface area contributed by atoms with Gasteiger partial charge in [0.2, 0.25) is 0 Å². The van der Waals surface area contributed by atoms with E-state index in [1.165, 1.54) is 11.8 Å². The van der Waals surface area contributed by atoms with Crippen molar-refractivity contribution >= 4 is 17.5 Å². The first-order valence-electron chi connectivity index (χ1n) is 7.33. The average Bonchev–Trinajstić information content (AvgIpc) is 2.50. The highest BCUT2D eigenvalue weighted by atomic mass is 32.2. The van der Waals surface area contributed by atoms with E-state index in [1.54, 1.807) is 0 Å². The van der Waals surface area contributed by atoms with Gasteiger partial charge in [0.1, 0.15) is 5.78 Å². The lowest BCUT2D eigenvalue weighted by Gasteiger charge is -2.19. The van der Waals surface area contributed by atoms with Crippen molar-refractivity contribution < 1.29 is 4.79 Å². The first-order valence-corrected chi connectivity index (χ1v) is 8.21. The molecule has 1 aliphatic carbocycles. The fraction of sp³-hybridized carbons (Fsp3) is 0.353. The van der Waals surface area contributed by atoms with Gasteiger partial charge in [-0.1, -0.05) is 48.5 Å². The third kappa shape index (κ3) is 3.50. The summed E-state index contributed by atoms with van der Waals surface area (Å²) in [5, 5.41) is 0.748. The maximum Gasteiger partial charge on any atom is 0.189 e. The first kappa shape index (κ1) is 14.3. The Kier molecular flexibility index (Phi) is 4.34. The van der Waals surface area contributed by atoms with E-state index in [1.807, 2.05) is 43.3 Å². The lowest BCUT2D eigenvalue weighted by Crippen LogP contribution is -2.21. The minimum absolute atomic E-state index is 0.0316. The van der Waals surface area contributed by atoms with Crippen LogP contribution < -0.4 is 0 Å². The Hall–Kier alpha value is -1.68. The highest BCUT2D eigenvalue weighted by molar-refractivity contribution is 8.00. The zero-order valence-electron chi connectivity index (χ0n) is 12.1. The monoisotopic (exact) mass is 298 g/mol. The molecule has 3 nitrogen and oxygen atoms in total. The van der Waals surface area contributed by atoms with Crippen LogP contribution >= 0.6 is 11.8 Å². The van der Waals surface area contributed by atoms with Crippen LogP contribution in [0.2, 0.25) is 0 Å². The van der Waals surface area contributed by atoms with Crippen LogP contribution in [0.25, 0.3) is 11.3 Å². The Morgan fingerprint density at radius 3 is 2.71 bits per heavy atom. The van der Waals surface area contributed by atoms with E-state index in [0.717, 1.165) is 36.2 Å². The van der Waals surface area contributed by atoms with Gasteiger partial charge in [-0.2, -0.15) is 0 Å². The van der Waals surface area contributed by atoms with E-state index in [-0.39, 0.29) is 5.25 Å². The van der Waals surface area contributed by atoms with E-state index in [4.69, 9.17) is 0 Å². The Morgan fingerprint density at radius 2 is 1.95 bits per heavy atom. The maximum absolute atomic E-state index is 12.0. The van der Waals surface area contributed by atoms with Gasteiger partial charge in [0.15, 0.2) is 5.16 Å². The van der Waals surface area contributed by atoms with Gasteiger partial charge >= 0.3 is 0 Å². The second-order valence-corrected chi connectivity index (χ2v) is 6.53. The number of hydrogen-bond donors (Lipinski definition) is 0. The van der Waals surface area contributed by atoms with Crippen LogP contribution in [-0.4, -0.2) is 21.0 Å². The molecule has 0 aliphatic heterocycles. The molecule has 1 heterocycles. The predicted octanol–water partition coefficient (Wildman–Crippen LogP) is 4.06. The van der Waals surface area contributed by atoms with Gasteiger partial charge < -0.3 is 0 Å². The summed E-state index contributed by atoms with van der Waals surface area (Å²) in [5.74, 6) is 0.345. The van der Waals surface area contributed by atoms with Gasteiger partial charge in [0.05, 0.1) is 10.9 Å². The maximum atomic E-state index is 12.0. The molecule has 1 saturated carbocycles. The number of carbonyl (C=O) groups is 1. The Bertz CT molecular complexity index is 642. The molecule has 0 saturated heterocycles. The summed E-state index contributed by atoms with van der Waals surface area (Å²) < 4.78 is 0. The largest absolute Gasteiger partial charge is 0.298 e. The number of Topliss-reactive ketones (excluding diaryl/α,β-unsaturated/α-hetero) is 1. The lowest BCUT2D eigenvalue weighted by molar-refractivity contribution is -0.119. The number of benzene rings is 1. The van der Waals surface area contributed by atoms with Gasteiger partial charge in [0, 0.05) is 17.7 Å². The van der Waals surface area contributed by atoms with Crippen molar-refractivity contribution in [1.29, 1.82) is 0 Å². The van der Waals surface area contributed by atoms with Crippen molar-refractivity contribution in [3.05, 3.63) is 42.1 Å². The van der Waals surface area contributed by atoms with E-state index in [9.17, 15) is 4.79 Å². The molecule has 0 N–H and O–H groups in total. The molecule has 108 valence electrons. The number of rotatable bonds is 3. The summed E-state index contributed by atoms with van der Waals surface area (Å²) in [6, 6.07) is 12.1. The van der Waals surface area contributed by atoms with Crippen LogP contribution in [-0.2, 0) is 4.79 Å². The number of carbonyl (C=O) groups excluding carboxylic acids is 1. The molecule has 1 atom stereocenters. The van der Waals surface area contributed by atoms with Crippen molar-refractivity contribution in [2.24, 2.45) is 0 Å². The van der Waals surface area contributed by atoms with Gasteiger partial charge in [0.25, 0.3) is 0 Å². The summed E-state index contributed by atoms with van der Waals surface area (Å²) in [6.07, 6.45) is 3.80. The molecule has 0 bridgehead atoms. The molecule has 2 aromatic rings. The first-order chi connectivity index (χ1) is 10.2. The van der Waals surface area contributed by atoms with Gasteiger partial charge in [-0.3, -0.25) is 4.79 Å². The minimum Gasteiger partial charge on any atom is -0.298 e. The van der Waals surface area contributed by atoms with Crippen LogP contribution in [0.3, 0.4) is 0 Å². The van der Waals surface area contributed by atoms with Crippen molar-refractivity contribution in [2.45, 2.75) is 43.0 Å². The Morgan fingerprint density at radius 1 is 1.14 bits per heavy atom. The van der Waals surface area contributed by atoms with Crippen LogP contribution in [0.15, 0.2) is 41.6 Å². The van der Waals surface area contributed by atoms with Crippen LogP contribution in [0.5, 0.6) is 0 Å². The smallest absolute Gasteiger partial charge is 0.189 e. The summed E-state index contributed by atoms with van der Waals surface area (Å²) in [6.45, 7) is 1.97. The summed E-state index contributed by atoms with van der Waals surface area (Å²) >= 11 is 1.52. The van der Waals surface area contributed by atoms with Crippen molar-refractivity contribution in [1.82, 2.24) is 9.97 Å². The third-order valence-electron chi connectivity index (χ3n) is 3.65. The molecule has 1 aliphatic rings. The highest BCUT2D eigenvalue weighted by Gasteiger charge is 2.24. The molecular formula is C17H18N2OS. The van der Waals surface area contributed by atoms with Crippen LogP contribution in [0.1, 0.15) is 31.4 Å². The third-order valence-corrected chi connectivity index (χ3v) is 4.83. The summed E-state index contributed by atoms with van der Waals surface area (Å²) in [7, 11) is 0. The summed E-state index contributed by atoms with van der Waals surface area (Å²) in [5.41, 5.74) is 2.95. The molecular weight excluding hydrogens is 280 g/mol. The normalized spacial score (nSPS) is 18.7. The van der Waals surface area contributed by atoms with Crippen LogP contribution in [0, 0.1) is 6.92 Å². The predicted molar refractivity (Wildman–Crippen MR) is 85.3 cm³/mol. The fourth-order valence-electron chi connectivity index (χ4n) is 2.55. The van der Waals surface area contributed by atoms with E-state index in [0.29, 0.717) is 17.4 Å². The Balaban J connectivity index is 1.86. The second-order valence-electron chi connectivity index (χ2n) is 5.36. The second kappa shape index (κ2) is 6.39. The number of aromatic nitrogens is 2. The van der Waals surface area contributed by atoms with Crippen molar-refractivity contribution in [2.75, 3.05) is 0 Å². The number of thioether (sulfide) groups is 1. The SMILES string of the molecule is Cc1cc(-c2ccccc2)nc(S[C@@H]2CCCCC2=O)n1. The molecule has 1 fully saturated rings. The van der Waals surface area contributed by atoms with E-state index < -0.39 is 0 Å².